The minimum atomic E-state index is -3.45. The Balaban J connectivity index is 1.49. The quantitative estimate of drug-likeness (QED) is 0.258. The number of para-hydroxylation sites is 1. The molecule has 3 heterocycles. The average molecular weight is 518 g/mol. The first-order valence-electron chi connectivity index (χ1n) is 12.6. The third-order valence-electron chi connectivity index (χ3n) is 6.70. The fraction of sp³-hybridized carbons (Fsp3) is 0.286. The number of nitrogens with one attached hydrogen (secondary N) is 4. The Labute approximate surface area is 216 Å². The molecule has 0 unspecified atom stereocenters. The van der Waals surface area contributed by atoms with Gasteiger partial charge in [0.15, 0.2) is 9.84 Å². The molecule has 192 valence electrons. The van der Waals surface area contributed by atoms with E-state index in [0.717, 1.165) is 31.6 Å². The van der Waals surface area contributed by atoms with Crippen molar-refractivity contribution in [2.45, 2.75) is 37.0 Å². The van der Waals surface area contributed by atoms with Gasteiger partial charge in [0.25, 0.3) is 5.56 Å². The maximum atomic E-state index is 12.8. The van der Waals surface area contributed by atoms with Gasteiger partial charge in [0, 0.05) is 11.9 Å². The van der Waals surface area contributed by atoms with Crippen molar-refractivity contribution < 1.29 is 8.42 Å². The van der Waals surface area contributed by atoms with Crippen molar-refractivity contribution in [3.05, 3.63) is 82.8 Å². The standard InChI is InChI=1S/C28H31N5O3S/c1-2-17-37(35,36)24-6-4-3-5-23(24)32-25-18-21-13-16-30-28(34)26(21)27(33-25)31-22-9-7-19(8-10-22)20-11-14-29-15-12-20/h3-10,13,16,18,20,29H,2,11-12,14-15,17H2,1H3,(H,30,34)(H2,31,32,33). The van der Waals surface area contributed by atoms with Crippen molar-refractivity contribution in [3.8, 4) is 0 Å². The lowest BCUT2D eigenvalue weighted by Gasteiger charge is -2.23. The molecule has 0 radical (unpaired) electrons. The van der Waals surface area contributed by atoms with E-state index < -0.39 is 9.84 Å². The lowest BCUT2D eigenvalue weighted by atomic mass is 9.90. The molecule has 0 spiro atoms. The number of piperidine rings is 1. The summed E-state index contributed by atoms with van der Waals surface area (Å²) in [7, 11) is -3.45. The summed E-state index contributed by atoms with van der Waals surface area (Å²) in [5.41, 5.74) is 2.32. The minimum Gasteiger partial charge on any atom is -0.339 e. The third-order valence-corrected chi connectivity index (χ3v) is 8.67. The normalized spacial score (nSPS) is 14.5. The van der Waals surface area contributed by atoms with E-state index in [2.05, 4.69) is 38.1 Å². The van der Waals surface area contributed by atoms with Gasteiger partial charge in [-0.15, -0.1) is 0 Å². The lowest BCUT2D eigenvalue weighted by Crippen LogP contribution is -2.26. The fourth-order valence-electron chi connectivity index (χ4n) is 4.86. The number of fused-ring (bicyclic) bond motifs is 1. The number of aromatic nitrogens is 2. The summed E-state index contributed by atoms with van der Waals surface area (Å²) in [6.07, 6.45) is 4.36. The molecular weight excluding hydrogens is 486 g/mol. The second-order valence-corrected chi connectivity index (χ2v) is 11.4. The molecule has 8 nitrogen and oxygen atoms in total. The Morgan fingerprint density at radius 2 is 1.76 bits per heavy atom. The zero-order valence-electron chi connectivity index (χ0n) is 20.8. The predicted molar refractivity (Wildman–Crippen MR) is 149 cm³/mol. The highest BCUT2D eigenvalue weighted by molar-refractivity contribution is 7.91. The molecule has 1 saturated heterocycles. The molecule has 0 bridgehead atoms. The van der Waals surface area contributed by atoms with E-state index in [4.69, 9.17) is 0 Å². The molecule has 1 fully saturated rings. The molecular formula is C28H31N5O3S. The maximum absolute atomic E-state index is 12.8. The summed E-state index contributed by atoms with van der Waals surface area (Å²) in [4.78, 5) is 20.4. The fourth-order valence-corrected chi connectivity index (χ4v) is 6.35. The number of hydrogen-bond acceptors (Lipinski definition) is 7. The Bertz CT molecular complexity index is 1560. The molecule has 0 aliphatic carbocycles. The number of benzene rings is 2. The van der Waals surface area contributed by atoms with Crippen LogP contribution in [0.25, 0.3) is 10.8 Å². The summed E-state index contributed by atoms with van der Waals surface area (Å²) < 4.78 is 25.7. The highest BCUT2D eigenvalue weighted by atomic mass is 32.2. The van der Waals surface area contributed by atoms with Crippen LogP contribution >= 0.6 is 0 Å². The van der Waals surface area contributed by atoms with E-state index in [1.54, 1.807) is 42.6 Å². The predicted octanol–water partition coefficient (Wildman–Crippen LogP) is 5.06. The van der Waals surface area contributed by atoms with Gasteiger partial charge in [-0.05, 0) is 85.6 Å². The Hall–Kier alpha value is -3.69. The molecule has 1 aliphatic heterocycles. The number of pyridine rings is 2. The van der Waals surface area contributed by atoms with Gasteiger partial charge in [-0.25, -0.2) is 13.4 Å². The van der Waals surface area contributed by atoms with E-state index in [1.165, 1.54) is 5.56 Å². The largest absolute Gasteiger partial charge is 0.339 e. The van der Waals surface area contributed by atoms with E-state index >= 15 is 0 Å². The SMILES string of the molecule is CCCS(=O)(=O)c1ccccc1Nc1cc2cc[nH]c(=O)c2c(Nc2ccc(C3CCNCC3)cc2)n1. The van der Waals surface area contributed by atoms with Crippen molar-refractivity contribution in [3.63, 3.8) is 0 Å². The van der Waals surface area contributed by atoms with Crippen LogP contribution < -0.4 is 21.5 Å². The Morgan fingerprint density at radius 3 is 2.51 bits per heavy atom. The van der Waals surface area contributed by atoms with Crippen molar-refractivity contribution in [1.29, 1.82) is 0 Å². The first-order chi connectivity index (χ1) is 17.9. The van der Waals surface area contributed by atoms with Gasteiger partial charge in [0.1, 0.15) is 11.6 Å². The smallest absolute Gasteiger partial charge is 0.259 e. The Kier molecular flexibility index (Phi) is 7.25. The van der Waals surface area contributed by atoms with Gasteiger partial charge in [0.05, 0.1) is 21.7 Å². The van der Waals surface area contributed by atoms with Crippen molar-refractivity contribution in [2.24, 2.45) is 0 Å². The molecule has 37 heavy (non-hydrogen) atoms. The minimum absolute atomic E-state index is 0.0619. The highest BCUT2D eigenvalue weighted by Gasteiger charge is 2.19. The number of hydrogen-bond donors (Lipinski definition) is 4. The second-order valence-electron chi connectivity index (χ2n) is 9.34. The summed E-state index contributed by atoms with van der Waals surface area (Å²) in [5, 5.41) is 11.0. The number of sulfone groups is 1. The van der Waals surface area contributed by atoms with E-state index in [9.17, 15) is 13.2 Å². The van der Waals surface area contributed by atoms with Crippen molar-refractivity contribution >= 4 is 43.6 Å². The van der Waals surface area contributed by atoms with Crippen LogP contribution in [-0.4, -0.2) is 37.2 Å². The molecule has 5 rings (SSSR count). The van der Waals surface area contributed by atoms with Crippen LogP contribution in [0.3, 0.4) is 0 Å². The first kappa shape index (κ1) is 25.0. The zero-order chi connectivity index (χ0) is 25.8. The molecule has 2 aromatic heterocycles. The number of rotatable bonds is 8. The molecule has 0 saturated carbocycles. The monoisotopic (exact) mass is 517 g/mol. The third kappa shape index (κ3) is 5.52. The molecule has 4 N–H and O–H groups in total. The molecule has 1 aliphatic rings. The summed E-state index contributed by atoms with van der Waals surface area (Å²) in [5.74, 6) is 1.44. The molecule has 9 heteroatoms. The number of aromatic amines is 1. The van der Waals surface area contributed by atoms with E-state index in [1.807, 2.05) is 19.1 Å². The van der Waals surface area contributed by atoms with Crippen LogP contribution in [0.15, 0.2) is 76.6 Å². The molecule has 0 amide bonds. The zero-order valence-corrected chi connectivity index (χ0v) is 21.6. The van der Waals surface area contributed by atoms with Gasteiger partial charge < -0.3 is 20.9 Å². The van der Waals surface area contributed by atoms with Crippen LogP contribution in [0.4, 0.5) is 23.0 Å². The highest BCUT2D eigenvalue weighted by Crippen LogP contribution is 2.31. The summed E-state index contributed by atoms with van der Waals surface area (Å²) >= 11 is 0. The van der Waals surface area contributed by atoms with Crippen LogP contribution in [0, 0.1) is 0 Å². The summed E-state index contributed by atoms with van der Waals surface area (Å²) in [6.45, 7) is 3.91. The van der Waals surface area contributed by atoms with Crippen molar-refractivity contribution in [1.82, 2.24) is 15.3 Å². The molecule has 0 atom stereocenters. The molecule has 2 aromatic carbocycles. The average Bonchev–Trinajstić information content (AvgIpc) is 2.90. The van der Waals surface area contributed by atoms with E-state index in [-0.39, 0.29) is 16.2 Å². The van der Waals surface area contributed by atoms with Crippen LogP contribution in [-0.2, 0) is 9.84 Å². The van der Waals surface area contributed by atoms with Crippen LogP contribution in [0.1, 0.15) is 37.7 Å². The van der Waals surface area contributed by atoms with Crippen LogP contribution in [0.2, 0.25) is 0 Å². The van der Waals surface area contributed by atoms with Gasteiger partial charge in [0.2, 0.25) is 0 Å². The first-order valence-corrected chi connectivity index (χ1v) is 14.3. The number of anilines is 4. The molecule has 4 aromatic rings. The number of nitrogens with zero attached hydrogens (tertiary/aromatic N) is 1. The van der Waals surface area contributed by atoms with Gasteiger partial charge in [-0.2, -0.15) is 0 Å². The van der Waals surface area contributed by atoms with E-state index in [0.29, 0.717) is 40.4 Å². The second kappa shape index (κ2) is 10.7. The van der Waals surface area contributed by atoms with Crippen molar-refractivity contribution in [2.75, 3.05) is 29.5 Å². The maximum Gasteiger partial charge on any atom is 0.259 e. The summed E-state index contributed by atoms with van der Waals surface area (Å²) in [6, 6.07) is 18.6. The van der Waals surface area contributed by atoms with Gasteiger partial charge >= 0.3 is 0 Å². The van der Waals surface area contributed by atoms with Crippen LogP contribution in [0.5, 0.6) is 0 Å². The Morgan fingerprint density at radius 1 is 1.00 bits per heavy atom. The number of H-pyrrole nitrogens is 1. The van der Waals surface area contributed by atoms with Gasteiger partial charge in [-0.3, -0.25) is 4.79 Å². The van der Waals surface area contributed by atoms with Gasteiger partial charge in [-0.1, -0.05) is 31.2 Å². The lowest BCUT2D eigenvalue weighted by molar-refractivity contribution is 0.460. The topological polar surface area (TPSA) is 116 Å².